The maximum atomic E-state index is 11.4. The highest BCUT2D eigenvalue weighted by Crippen LogP contribution is 2.27. The van der Waals surface area contributed by atoms with Gasteiger partial charge in [0.15, 0.2) is 0 Å². The van der Waals surface area contributed by atoms with Gasteiger partial charge in [-0.05, 0) is 30.0 Å². The number of nitrogens with zero attached hydrogens (tertiary/aromatic N) is 1. The SMILES string of the molecule is O=C1NC(=O)/C(=C/c2c[nH]c3ncccc23)S1. The van der Waals surface area contributed by atoms with E-state index in [2.05, 4.69) is 15.3 Å². The fourth-order valence-electron chi connectivity index (χ4n) is 1.66. The standard InChI is InChI=1S/C11H7N3O2S/c15-10-8(17-11(16)14-10)4-6-5-13-9-7(6)2-1-3-12-9/h1-5H,(H,12,13)(H,14,15,16)/b8-4-. The van der Waals surface area contributed by atoms with Crippen LogP contribution in [0.3, 0.4) is 0 Å². The normalized spacial score (nSPS) is 18.0. The van der Waals surface area contributed by atoms with Gasteiger partial charge in [-0.25, -0.2) is 4.98 Å². The van der Waals surface area contributed by atoms with E-state index in [0.717, 1.165) is 28.4 Å². The van der Waals surface area contributed by atoms with Crippen molar-refractivity contribution in [2.75, 3.05) is 0 Å². The lowest BCUT2D eigenvalue weighted by Crippen LogP contribution is -2.17. The minimum Gasteiger partial charge on any atom is -0.346 e. The first-order chi connectivity index (χ1) is 8.24. The Hall–Kier alpha value is -2.08. The average Bonchev–Trinajstić information content (AvgIpc) is 2.85. The van der Waals surface area contributed by atoms with Gasteiger partial charge in [0.2, 0.25) is 0 Å². The molecule has 2 amide bonds. The van der Waals surface area contributed by atoms with Gasteiger partial charge in [-0.1, -0.05) is 0 Å². The molecule has 2 aromatic heterocycles. The smallest absolute Gasteiger partial charge is 0.290 e. The number of rotatable bonds is 1. The molecule has 0 aliphatic carbocycles. The fourth-order valence-corrected chi connectivity index (χ4v) is 2.33. The summed E-state index contributed by atoms with van der Waals surface area (Å²) in [5.74, 6) is -0.349. The Morgan fingerprint density at radius 1 is 1.35 bits per heavy atom. The van der Waals surface area contributed by atoms with E-state index >= 15 is 0 Å². The number of H-pyrrole nitrogens is 1. The van der Waals surface area contributed by atoms with E-state index in [9.17, 15) is 9.59 Å². The average molecular weight is 245 g/mol. The number of hydrogen-bond donors (Lipinski definition) is 2. The maximum absolute atomic E-state index is 11.4. The van der Waals surface area contributed by atoms with E-state index in [0.29, 0.717) is 4.91 Å². The second-order valence-electron chi connectivity index (χ2n) is 3.50. The molecule has 2 N–H and O–H groups in total. The highest BCUT2D eigenvalue weighted by Gasteiger charge is 2.25. The predicted octanol–water partition coefficient (Wildman–Crippen LogP) is 1.89. The van der Waals surface area contributed by atoms with Crippen LogP contribution >= 0.6 is 11.8 Å². The summed E-state index contributed by atoms with van der Waals surface area (Å²) < 4.78 is 0. The van der Waals surface area contributed by atoms with Gasteiger partial charge in [0.25, 0.3) is 11.1 Å². The lowest BCUT2D eigenvalue weighted by Gasteiger charge is -1.92. The summed E-state index contributed by atoms with van der Waals surface area (Å²) in [5, 5.41) is 2.81. The topological polar surface area (TPSA) is 74.8 Å². The van der Waals surface area contributed by atoms with E-state index in [1.54, 1.807) is 18.5 Å². The molecule has 0 saturated carbocycles. The number of aromatic nitrogens is 2. The van der Waals surface area contributed by atoms with Gasteiger partial charge in [0.1, 0.15) is 5.65 Å². The number of carbonyl (C=O) groups is 2. The number of aromatic amines is 1. The summed E-state index contributed by atoms with van der Waals surface area (Å²) in [6, 6.07) is 3.73. The van der Waals surface area contributed by atoms with Crippen LogP contribution in [0.1, 0.15) is 5.56 Å². The molecule has 0 radical (unpaired) electrons. The van der Waals surface area contributed by atoms with E-state index in [1.807, 2.05) is 12.1 Å². The van der Waals surface area contributed by atoms with E-state index < -0.39 is 0 Å². The van der Waals surface area contributed by atoms with Crippen molar-refractivity contribution in [2.45, 2.75) is 0 Å². The fraction of sp³-hybridized carbons (Fsp3) is 0. The monoisotopic (exact) mass is 245 g/mol. The molecule has 0 unspecified atom stereocenters. The van der Waals surface area contributed by atoms with E-state index in [4.69, 9.17) is 0 Å². The molecule has 84 valence electrons. The van der Waals surface area contributed by atoms with Gasteiger partial charge in [0.05, 0.1) is 4.91 Å². The number of pyridine rings is 1. The van der Waals surface area contributed by atoms with Crippen LogP contribution in [0.15, 0.2) is 29.4 Å². The van der Waals surface area contributed by atoms with Crippen molar-refractivity contribution in [1.82, 2.24) is 15.3 Å². The number of carbonyl (C=O) groups excluding carboxylic acids is 2. The summed E-state index contributed by atoms with van der Waals surface area (Å²) in [4.78, 5) is 30.0. The molecule has 0 spiro atoms. The van der Waals surface area contributed by atoms with Crippen LogP contribution in [0.25, 0.3) is 17.1 Å². The van der Waals surface area contributed by atoms with Crippen LogP contribution in [0.5, 0.6) is 0 Å². The molecule has 3 rings (SSSR count). The number of hydrogen-bond acceptors (Lipinski definition) is 4. The largest absolute Gasteiger partial charge is 0.346 e. The molecule has 1 aliphatic heterocycles. The van der Waals surface area contributed by atoms with Crippen molar-refractivity contribution < 1.29 is 9.59 Å². The Labute approximate surface area is 100 Å². The first-order valence-electron chi connectivity index (χ1n) is 4.91. The Bertz CT molecular complexity index is 660. The van der Waals surface area contributed by atoms with Gasteiger partial charge in [0, 0.05) is 23.3 Å². The first kappa shape index (κ1) is 10.1. The number of imide groups is 1. The zero-order valence-corrected chi connectivity index (χ0v) is 9.38. The molecule has 3 heterocycles. The lowest BCUT2D eigenvalue weighted by atomic mass is 10.2. The van der Waals surface area contributed by atoms with E-state index in [1.165, 1.54) is 0 Å². The number of nitrogens with one attached hydrogen (secondary N) is 2. The Morgan fingerprint density at radius 3 is 3.00 bits per heavy atom. The minimum atomic E-state index is -0.349. The highest BCUT2D eigenvalue weighted by atomic mass is 32.2. The predicted molar refractivity (Wildman–Crippen MR) is 65.2 cm³/mol. The van der Waals surface area contributed by atoms with Crippen LogP contribution in [0.4, 0.5) is 4.79 Å². The third-order valence-electron chi connectivity index (χ3n) is 2.41. The molecule has 2 aromatic rings. The maximum Gasteiger partial charge on any atom is 0.290 e. The van der Waals surface area contributed by atoms with Crippen LogP contribution in [-0.2, 0) is 4.79 Å². The van der Waals surface area contributed by atoms with Crippen molar-refractivity contribution in [3.63, 3.8) is 0 Å². The summed E-state index contributed by atoms with van der Waals surface area (Å²) in [5.41, 5.74) is 1.61. The molecule has 0 bridgehead atoms. The molecule has 5 nitrogen and oxygen atoms in total. The highest BCUT2D eigenvalue weighted by molar-refractivity contribution is 8.18. The van der Waals surface area contributed by atoms with Crippen LogP contribution in [0.2, 0.25) is 0 Å². The van der Waals surface area contributed by atoms with Crippen molar-refractivity contribution in [3.05, 3.63) is 35.0 Å². The number of amides is 2. The summed E-state index contributed by atoms with van der Waals surface area (Å²) in [6.07, 6.45) is 5.14. The molecule has 1 fully saturated rings. The lowest BCUT2D eigenvalue weighted by molar-refractivity contribution is -0.115. The van der Waals surface area contributed by atoms with Gasteiger partial charge >= 0.3 is 0 Å². The Kier molecular flexibility index (Phi) is 2.22. The third kappa shape index (κ3) is 1.72. The van der Waals surface area contributed by atoms with Gasteiger partial charge in [-0.2, -0.15) is 0 Å². The number of thioether (sulfide) groups is 1. The quantitative estimate of drug-likeness (QED) is 0.752. The Morgan fingerprint density at radius 2 is 2.24 bits per heavy atom. The molecule has 0 aromatic carbocycles. The summed E-state index contributed by atoms with van der Waals surface area (Å²) in [7, 11) is 0. The molecule has 6 heteroatoms. The van der Waals surface area contributed by atoms with Crippen LogP contribution in [0, 0.1) is 0 Å². The minimum absolute atomic E-state index is 0.334. The van der Waals surface area contributed by atoms with Gasteiger partial charge < -0.3 is 4.98 Å². The number of fused-ring (bicyclic) bond motifs is 1. The molecule has 17 heavy (non-hydrogen) atoms. The van der Waals surface area contributed by atoms with Gasteiger partial charge in [-0.3, -0.25) is 14.9 Å². The zero-order chi connectivity index (χ0) is 11.8. The van der Waals surface area contributed by atoms with Crippen molar-refractivity contribution in [1.29, 1.82) is 0 Å². The third-order valence-corrected chi connectivity index (χ3v) is 3.22. The molecule has 1 saturated heterocycles. The molecule has 0 atom stereocenters. The van der Waals surface area contributed by atoms with Crippen molar-refractivity contribution in [2.24, 2.45) is 0 Å². The van der Waals surface area contributed by atoms with Crippen LogP contribution in [-0.4, -0.2) is 21.1 Å². The first-order valence-corrected chi connectivity index (χ1v) is 5.72. The second-order valence-corrected chi connectivity index (χ2v) is 4.51. The molecular weight excluding hydrogens is 238 g/mol. The van der Waals surface area contributed by atoms with Crippen molar-refractivity contribution in [3.8, 4) is 0 Å². The Balaban J connectivity index is 2.08. The second kappa shape index (κ2) is 3.74. The summed E-state index contributed by atoms with van der Waals surface area (Å²) in [6.45, 7) is 0. The molecular formula is C11H7N3O2S. The van der Waals surface area contributed by atoms with E-state index in [-0.39, 0.29) is 11.1 Å². The van der Waals surface area contributed by atoms with Gasteiger partial charge in [-0.15, -0.1) is 0 Å². The van der Waals surface area contributed by atoms with Crippen LogP contribution < -0.4 is 5.32 Å². The van der Waals surface area contributed by atoms with Crippen molar-refractivity contribution >= 4 is 40.0 Å². The summed E-state index contributed by atoms with van der Waals surface area (Å²) >= 11 is 0.908. The zero-order valence-electron chi connectivity index (χ0n) is 8.56. The molecule has 1 aliphatic rings.